The Morgan fingerprint density at radius 3 is 2.67 bits per heavy atom. The SMILES string of the molecule is COC(=O)c1ccc(C2C=CNO2)cc1. The van der Waals surface area contributed by atoms with Gasteiger partial charge < -0.3 is 4.74 Å². The summed E-state index contributed by atoms with van der Waals surface area (Å²) in [5.41, 5.74) is 4.18. The van der Waals surface area contributed by atoms with E-state index >= 15 is 0 Å². The van der Waals surface area contributed by atoms with Crippen molar-refractivity contribution >= 4 is 5.97 Å². The Bertz CT molecular complexity index is 383. The van der Waals surface area contributed by atoms with Crippen molar-refractivity contribution in [1.29, 1.82) is 0 Å². The molecular weight excluding hydrogens is 194 g/mol. The Balaban J connectivity index is 2.16. The van der Waals surface area contributed by atoms with Crippen LogP contribution in [0.5, 0.6) is 0 Å². The average Bonchev–Trinajstić information content (AvgIpc) is 2.82. The summed E-state index contributed by atoms with van der Waals surface area (Å²) in [5, 5.41) is 0. The molecule has 1 aliphatic heterocycles. The molecule has 0 radical (unpaired) electrons. The third kappa shape index (κ3) is 1.99. The van der Waals surface area contributed by atoms with Crippen LogP contribution in [0, 0.1) is 0 Å². The first kappa shape index (κ1) is 9.73. The van der Waals surface area contributed by atoms with Gasteiger partial charge in [-0.3, -0.25) is 10.3 Å². The lowest BCUT2D eigenvalue weighted by Gasteiger charge is -2.07. The monoisotopic (exact) mass is 205 g/mol. The zero-order valence-corrected chi connectivity index (χ0v) is 8.27. The lowest BCUT2D eigenvalue weighted by atomic mass is 10.1. The van der Waals surface area contributed by atoms with Crippen molar-refractivity contribution in [1.82, 2.24) is 5.48 Å². The molecule has 15 heavy (non-hydrogen) atoms. The standard InChI is InChI=1S/C11H11NO3/c1-14-11(13)9-4-2-8(3-5-9)10-6-7-12-15-10/h2-7,10,12H,1H3. The quantitative estimate of drug-likeness (QED) is 0.744. The molecule has 1 atom stereocenters. The van der Waals surface area contributed by atoms with Gasteiger partial charge in [-0.15, -0.1) is 0 Å². The second-order valence-electron chi connectivity index (χ2n) is 3.13. The third-order valence-electron chi connectivity index (χ3n) is 2.19. The molecule has 4 heteroatoms. The normalized spacial score (nSPS) is 18.6. The molecule has 0 bridgehead atoms. The van der Waals surface area contributed by atoms with Gasteiger partial charge in [0.25, 0.3) is 0 Å². The number of benzene rings is 1. The molecule has 0 spiro atoms. The van der Waals surface area contributed by atoms with Crippen LogP contribution in [0.2, 0.25) is 0 Å². The summed E-state index contributed by atoms with van der Waals surface area (Å²) in [4.78, 5) is 16.4. The van der Waals surface area contributed by atoms with Crippen LogP contribution in [-0.4, -0.2) is 13.1 Å². The van der Waals surface area contributed by atoms with E-state index in [1.165, 1.54) is 7.11 Å². The molecule has 0 aromatic heterocycles. The second-order valence-corrected chi connectivity index (χ2v) is 3.13. The van der Waals surface area contributed by atoms with Gasteiger partial charge in [-0.1, -0.05) is 12.1 Å². The molecule has 1 N–H and O–H groups in total. The van der Waals surface area contributed by atoms with Crippen LogP contribution in [-0.2, 0) is 9.57 Å². The van der Waals surface area contributed by atoms with Crippen LogP contribution in [0.15, 0.2) is 36.5 Å². The highest BCUT2D eigenvalue weighted by Gasteiger charge is 2.13. The number of nitrogens with one attached hydrogen (secondary N) is 1. The van der Waals surface area contributed by atoms with E-state index in [-0.39, 0.29) is 12.1 Å². The lowest BCUT2D eigenvalue weighted by molar-refractivity contribution is 0.0469. The number of hydrogen-bond donors (Lipinski definition) is 1. The molecule has 1 heterocycles. The minimum absolute atomic E-state index is 0.0864. The molecule has 2 rings (SSSR count). The van der Waals surface area contributed by atoms with E-state index in [9.17, 15) is 4.79 Å². The molecule has 1 aromatic carbocycles. The third-order valence-corrected chi connectivity index (χ3v) is 2.19. The van der Waals surface area contributed by atoms with E-state index in [0.29, 0.717) is 5.56 Å². The fourth-order valence-corrected chi connectivity index (χ4v) is 1.38. The maximum atomic E-state index is 11.2. The van der Waals surface area contributed by atoms with Crippen molar-refractivity contribution < 1.29 is 14.4 Å². The lowest BCUT2D eigenvalue weighted by Crippen LogP contribution is -2.05. The number of methoxy groups -OCH3 is 1. The summed E-state index contributed by atoms with van der Waals surface area (Å²) < 4.78 is 4.61. The Morgan fingerprint density at radius 1 is 1.40 bits per heavy atom. The Labute approximate surface area is 87.5 Å². The second kappa shape index (κ2) is 4.14. The zero-order chi connectivity index (χ0) is 10.7. The number of carbonyl (C=O) groups is 1. The molecule has 0 saturated heterocycles. The van der Waals surface area contributed by atoms with Crippen LogP contribution < -0.4 is 5.48 Å². The highest BCUT2D eigenvalue weighted by Crippen LogP contribution is 2.21. The van der Waals surface area contributed by atoms with E-state index in [0.717, 1.165) is 5.56 Å². The number of rotatable bonds is 2. The Hall–Kier alpha value is -1.81. The van der Waals surface area contributed by atoms with Crippen LogP contribution >= 0.6 is 0 Å². The van der Waals surface area contributed by atoms with Crippen molar-refractivity contribution in [2.24, 2.45) is 0 Å². The summed E-state index contributed by atoms with van der Waals surface area (Å²) in [7, 11) is 1.36. The molecule has 78 valence electrons. The van der Waals surface area contributed by atoms with Crippen LogP contribution in [0.3, 0.4) is 0 Å². The van der Waals surface area contributed by atoms with Crippen LogP contribution in [0.4, 0.5) is 0 Å². The smallest absolute Gasteiger partial charge is 0.337 e. The van der Waals surface area contributed by atoms with Crippen molar-refractivity contribution in [2.75, 3.05) is 7.11 Å². The van der Waals surface area contributed by atoms with Gasteiger partial charge in [0.1, 0.15) is 6.10 Å². The predicted octanol–water partition coefficient (Wildman–Crippen LogP) is 1.56. The predicted molar refractivity (Wildman–Crippen MR) is 53.9 cm³/mol. The molecule has 4 nitrogen and oxygen atoms in total. The molecule has 1 unspecified atom stereocenters. The molecule has 0 amide bonds. The molecule has 0 fully saturated rings. The van der Waals surface area contributed by atoms with Gasteiger partial charge in [-0.05, 0) is 23.8 Å². The van der Waals surface area contributed by atoms with Gasteiger partial charge in [-0.2, -0.15) is 0 Å². The summed E-state index contributed by atoms with van der Waals surface area (Å²) in [6.45, 7) is 0. The largest absolute Gasteiger partial charge is 0.465 e. The number of carbonyl (C=O) groups excluding carboxylic acids is 1. The summed E-state index contributed by atoms with van der Waals surface area (Å²) in [5.74, 6) is -0.331. The van der Waals surface area contributed by atoms with Crippen molar-refractivity contribution in [3.05, 3.63) is 47.7 Å². The van der Waals surface area contributed by atoms with E-state index in [2.05, 4.69) is 10.2 Å². The molecule has 1 aromatic rings. The maximum Gasteiger partial charge on any atom is 0.337 e. The Kier molecular flexibility index (Phi) is 2.69. The number of esters is 1. The van der Waals surface area contributed by atoms with E-state index < -0.39 is 0 Å². The van der Waals surface area contributed by atoms with Crippen LogP contribution in [0.25, 0.3) is 0 Å². The van der Waals surface area contributed by atoms with Gasteiger partial charge in [0.15, 0.2) is 0 Å². The minimum Gasteiger partial charge on any atom is -0.465 e. The number of hydroxylamine groups is 1. The van der Waals surface area contributed by atoms with E-state index in [1.807, 2.05) is 18.2 Å². The van der Waals surface area contributed by atoms with Crippen molar-refractivity contribution in [3.63, 3.8) is 0 Å². The van der Waals surface area contributed by atoms with E-state index in [4.69, 9.17) is 4.84 Å². The summed E-state index contributed by atoms with van der Waals surface area (Å²) in [6.07, 6.45) is 3.54. The van der Waals surface area contributed by atoms with Gasteiger partial charge in [-0.25, -0.2) is 4.79 Å². The number of ether oxygens (including phenoxy) is 1. The minimum atomic E-state index is -0.331. The first-order chi connectivity index (χ1) is 7.31. The van der Waals surface area contributed by atoms with Gasteiger partial charge in [0.2, 0.25) is 0 Å². The van der Waals surface area contributed by atoms with Gasteiger partial charge in [0.05, 0.1) is 12.7 Å². The van der Waals surface area contributed by atoms with E-state index in [1.54, 1.807) is 18.3 Å². The van der Waals surface area contributed by atoms with Crippen molar-refractivity contribution in [2.45, 2.75) is 6.10 Å². The van der Waals surface area contributed by atoms with Gasteiger partial charge >= 0.3 is 5.97 Å². The molecule has 1 aliphatic rings. The summed E-state index contributed by atoms with van der Waals surface area (Å²) >= 11 is 0. The molecular formula is C11H11NO3. The maximum absolute atomic E-state index is 11.2. The average molecular weight is 205 g/mol. The topological polar surface area (TPSA) is 47.6 Å². The first-order valence-electron chi connectivity index (χ1n) is 4.57. The fraction of sp³-hybridized carbons (Fsp3) is 0.182. The first-order valence-corrected chi connectivity index (χ1v) is 4.57. The highest BCUT2D eigenvalue weighted by molar-refractivity contribution is 5.89. The highest BCUT2D eigenvalue weighted by atomic mass is 16.7. The molecule has 0 aliphatic carbocycles. The van der Waals surface area contributed by atoms with Crippen molar-refractivity contribution in [3.8, 4) is 0 Å². The Morgan fingerprint density at radius 2 is 2.13 bits per heavy atom. The van der Waals surface area contributed by atoms with Gasteiger partial charge in [0, 0.05) is 6.20 Å². The summed E-state index contributed by atoms with van der Waals surface area (Å²) in [6, 6.07) is 7.12. The fourth-order valence-electron chi connectivity index (χ4n) is 1.38. The zero-order valence-electron chi connectivity index (χ0n) is 8.27. The molecule has 0 saturated carbocycles. The number of hydrogen-bond acceptors (Lipinski definition) is 4. The van der Waals surface area contributed by atoms with Crippen LogP contribution in [0.1, 0.15) is 22.0 Å².